The first-order valence-electron chi connectivity index (χ1n) is 6.42. The quantitative estimate of drug-likeness (QED) is 0.804. The fraction of sp³-hybridized carbons (Fsp3) is 0.600. The fourth-order valence-electron chi connectivity index (χ4n) is 2.28. The number of rotatable bonds is 1. The van der Waals surface area contributed by atoms with Gasteiger partial charge in [-0.1, -0.05) is 23.8 Å². The third-order valence-corrected chi connectivity index (χ3v) is 3.59. The molecule has 17 heavy (non-hydrogen) atoms. The van der Waals surface area contributed by atoms with Crippen molar-refractivity contribution < 1.29 is 4.74 Å². The molecule has 1 fully saturated rings. The third-order valence-electron chi connectivity index (χ3n) is 3.59. The smallest absolute Gasteiger partial charge is 0.0952 e. The molecule has 0 spiro atoms. The summed E-state index contributed by atoms with van der Waals surface area (Å²) in [5, 5.41) is 3.59. The molecule has 1 heterocycles. The normalized spacial score (nSPS) is 24.4. The van der Waals surface area contributed by atoms with Gasteiger partial charge in [-0.25, -0.2) is 0 Å². The van der Waals surface area contributed by atoms with Gasteiger partial charge in [0.15, 0.2) is 0 Å². The molecule has 0 aromatic heterocycles. The van der Waals surface area contributed by atoms with Crippen molar-refractivity contribution in [3.05, 3.63) is 34.9 Å². The lowest BCUT2D eigenvalue weighted by molar-refractivity contribution is 0.0652. The summed E-state index contributed by atoms with van der Waals surface area (Å²) in [6, 6.07) is 6.59. The lowest BCUT2D eigenvalue weighted by Crippen LogP contribution is -2.39. The fourth-order valence-corrected chi connectivity index (χ4v) is 2.28. The van der Waals surface area contributed by atoms with Crippen LogP contribution in [0.1, 0.15) is 43.1 Å². The number of nitrogens with one attached hydrogen (secondary N) is 1. The van der Waals surface area contributed by atoms with Gasteiger partial charge in [0.1, 0.15) is 0 Å². The molecule has 0 aliphatic carbocycles. The minimum atomic E-state index is 0.187. The first kappa shape index (κ1) is 12.6. The van der Waals surface area contributed by atoms with E-state index in [1.807, 2.05) is 0 Å². The van der Waals surface area contributed by atoms with Crippen LogP contribution >= 0.6 is 0 Å². The highest BCUT2D eigenvalue weighted by Crippen LogP contribution is 2.26. The van der Waals surface area contributed by atoms with Crippen LogP contribution < -0.4 is 5.32 Å². The van der Waals surface area contributed by atoms with E-state index >= 15 is 0 Å². The average molecular weight is 233 g/mol. The topological polar surface area (TPSA) is 21.3 Å². The summed E-state index contributed by atoms with van der Waals surface area (Å²) < 4.78 is 6.00. The summed E-state index contributed by atoms with van der Waals surface area (Å²) in [5.74, 6) is 0. The van der Waals surface area contributed by atoms with Crippen molar-refractivity contribution in [1.82, 2.24) is 5.32 Å². The van der Waals surface area contributed by atoms with Crippen LogP contribution in [0.5, 0.6) is 0 Å². The molecule has 1 N–H and O–H groups in total. The molecule has 0 radical (unpaired) electrons. The van der Waals surface area contributed by atoms with Gasteiger partial charge in [-0.3, -0.25) is 0 Å². The van der Waals surface area contributed by atoms with Crippen molar-refractivity contribution in [2.45, 2.75) is 45.8 Å². The Labute approximate surface area is 104 Å². The first-order chi connectivity index (χ1) is 7.98. The van der Waals surface area contributed by atoms with Gasteiger partial charge >= 0.3 is 0 Å². The number of benzene rings is 1. The second-order valence-corrected chi connectivity index (χ2v) is 5.73. The Morgan fingerprint density at radius 1 is 1.29 bits per heavy atom. The van der Waals surface area contributed by atoms with E-state index in [0.717, 1.165) is 19.6 Å². The Kier molecular flexibility index (Phi) is 3.55. The van der Waals surface area contributed by atoms with E-state index in [4.69, 9.17) is 4.74 Å². The molecule has 2 rings (SSSR count). The molecule has 2 nitrogen and oxygen atoms in total. The molecule has 0 saturated carbocycles. The molecule has 1 atom stereocenters. The van der Waals surface area contributed by atoms with Gasteiger partial charge in [-0.05, 0) is 45.2 Å². The molecule has 1 aromatic rings. The molecule has 1 aromatic carbocycles. The van der Waals surface area contributed by atoms with Gasteiger partial charge in [0.2, 0.25) is 0 Å². The Morgan fingerprint density at radius 2 is 2.06 bits per heavy atom. The zero-order chi connectivity index (χ0) is 12.5. The van der Waals surface area contributed by atoms with Gasteiger partial charge in [0, 0.05) is 18.7 Å². The molecule has 1 unspecified atom stereocenters. The van der Waals surface area contributed by atoms with Crippen molar-refractivity contribution in [2.24, 2.45) is 0 Å². The van der Waals surface area contributed by atoms with Crippen LogP contribution in [-0.2, 0) is 4.74 Å². The minimum absolute atomic E-state index is 0.187. The summed E-state index contributed by atoms with van der Waals surface area (Å²) in [6.07, 6.45) is 1.26. The summed E-state index contributed by atoms with van der Waals surface area (Å²) in [4.78, 5) is 0. The van der Waals surface area contributed by atoms with Crippen LogP contribution in [0.15, 0.2) is 18.2 Å². The molecular formula is C15H23NO. The van der Waals surface area contributed by atoms with Gasteiger partial charge < -0.3 is 10.1 Å². The molecule has 2 heteroatoms. The minimum Gasteiger partial charge on any atom is -0.372 e. The Morgan fingerprint density at radius 3 is 2.82 bits per heavy atom. The first-order valence-corrected chi connectivity index (χ1v) is 6.42. The second-order valence-electron chi connectivity index (χ2n) is 5.73. The molecule has 1 saturated heterocycles. The van der Waals surface area contributed by atoms with Crippen LogP contribution in [0.4, 0.5) is 0 Å². The van der Waals surface area contributed by atoms with Gasteiger partial charge in [0.05, 0.1) is 6.10 Å². The van der Waals surface area contributed by atoms with E-state index in [2.05, 4.69) is 51.2 Å². The maximum Gasteiger partial charge on any atom is 0.0952 e. The van der Waals surface area contributed by atoms with Crippen molar-refractivity contribution in [3.63, 3.8) is 0 Å². The number of hydrogen-bond acceptors (Lipinski definition) is 2. The van der Waals surface area contributed by atoms with E-state index in [1.54, 1.807) is 0 Å². The number of aryl methyl sites for hydroxylation is 2. The molecule has 94 valence electrons. The summed E-state index contributed by atoms with van der Waals surface area (Å²) in [7, 11) is 0. The summed E-state index contributed by atoms with van der Waals surface area (Å²) in [6.45, 7) is 10.5. The van der Waals surface area contributed by atoms with Crippen LogP contribution in [0.25, 0.3) is 0 Å². The Bertz CT molecular complexity index is 398. The predicted octanol–water partition coefficient (Wildman–Crippen LogP) is 3.13. The largest absolute Gasteiger partial charge is 0.372 e. The van der Waals surface area contributed by atoms with Crippen LogP contribution in [0.3, 0.4) is 0 Å². The van der Waals surface area contributed by atoms with Crippen molar-refractivity contribution >= 4 is 0 Å². The zero-order valence-electron chi connectivity index (χ0n) is 11.3. The molecule has 1 aliphatic heterocycles. The summed E-state index contributed by atoms with van der Waals surface area (Å²) >= 11 is 0. The SMILES string of the molecule is Cc1ccc(C)c(C2CNC(C)(C)CCO2)c1. The predicted molar refractivity (Wildman–Crippen MR) is 71.3 cm³/mol. The maximum atomic E-state index is 6.00. The van der Waals surface area contributed by atoms with Crippen molar-refractivity contribution in [3.8, 4) is 0 Å². The Hall–Kier alpha value is -0.860. The van der Waals surface area contributed by atoms with Crippen LogP contribution in [0.2, 0.25) is 0 Å². The highest BCUT2D eigenvalue weighted by atomic mass is 16.5. The van der Waals surface area contributed by atoms with Crippen LogP contribution in [-0.4, -0.2) is 18.7 Å². The van der Waals surface area contributed by atoms with E-state index in [-0.39, 0.29) is 11.6 Å². The van der Waals surface area contributed by atoms with Gasteiger partial charge in [0.25, 0.3) is 0 Å². The second kappa shape index (κ2) is 4.79. The highest BCUT2D eigenvalue weighted by Gasteiger charge is 2.25. The molecule has 0 amide bonds. The highest BCUT2D eigenvalue weighted by molar-refractivity contribution is 5.32. The van der Waals surface area contributed by atoms with E-state index in [9.17, 15) is 0 Å². The lowest BCUT2D eigenvalue weighted by atomic mass is 9.99. The monoisotopic (exact) mass is 233 g/mol. The molecule has 1 aliphatic rings. The molecule has 0 bridgehead atoms. The van der Waals surface area contributed by atoms with Gasteiger partial charge in [-0.2, -0.15) is 0 Å². The number of hydrogen-bond donors (Lipinski definition) is 1. The van der Waals surface area contributed by atoms with E-state index in [0.29, 0.717) is 0 Å². The lowest BCUT2D eigenvalue weighted by Gasteiger charge is -2.23. The number of ether oxygens (including phenoxy) is 1. The third kappa shape index (κ3) is 3.08. The zero-order valence-corrected chi connectivity index (χ0v) is 11.3. The standard InChI is InChI=1S/C15H23NO/c1-11-5-6-12(2)13(9-11)14-10-16-15(3,4)7-8-17-14/h5-6,9,14,16H,7-8,10H2,1-4H3. The maximum absolute atomic E-state index is 6.00. The van der Waals surface area contributed by atoms with Crippen molar-refractivity contribution in [1.29, 1.82) is 0 Å². The Balaban J connectivity index is 2.19. The summed E-state index contributed by atoms with van der Waals surface area (Å²) in [5.41, 5.74) is 4.14. The van der Waals surface area contributed by atoms with Gasteiger partial charge in [-0.15, -0.1) is 0 Å². The van der Waals surface area contributed by atoms with E-state index in [1.165, 1.54) is 16.7 Å². The van der Waals surface area contributed by atoms with E-state index < -0.39 is 0 Å². The average Bonchev–Trinajstić information content (AvgIpc) is 2.43. The molecular weight excluding hydrogens is 210 g/mol. The van der Waals surface area contributed by atoms with Crippen molar-refractivity contribution in [2.75, 3.05) is 13.2 Å². The van der Waals surface area contributed by atoms with Crippen LogP contribution in [0, 0.1) is 13.8 Å².